The third-order valence-corrected chi connectivity index (χ3v) is 7.04. The Morgan fingerprint density at radius 1 is 1.30 bits per heavy atom. The van der Waals surface area contributed by atoms with Gasteiger partial charge >= 0.3 is 0 Å². The number of nitrogens with zero attached hydrogens (tertiary/aromatic N) is 3. The molecule has 0 bridgehead atoms. The molecule has 2 aliphatic rings. The molecule has 0 amide bonds. The van der Waals surface area contributed by atoms with Gasteiger partial charge in [0.2, 0.25) is 10.0 Å². The molecule has 134 valence electrons. The van der Waals surface area contributed by atoms with Gasteiger partial charge in [0.1, 0.15) is 0 Å². The molecule has 7 heteroatoms. The summed E-state index contributed by atoms with van der Waals surface area (Å²) in [6.45, 7) is 5.15. The average molecular weight is 345 g/mol. The lowest BCUT2D eigenvalue weighted by molar-refractivity contribution is 0.250. The van der Waals surface area contributed by atoms with Crippen molar-refractivity contribution in [2.45, 2.75) is 39.0 Å². The molecule has 1 N–H and O–H groups in total. The standard InChI is InChI=1S/C16H32N4O2S/c1-14-5-7-15(8-6-14)13-19(3)16(17-2)18-9-11-20-10-4-12-23(20,21)22/h14-15H,4-13H2,1-3H3,(H,17,18). The van der Waals surface area contributed by atoms with E-state index in [1.54, 1.807) is 11.4 Å². The normalized spacial score (nSPS) is 28.7. The van der Waals surface area contributed by atoms with E-state index < -0.39 is 10.0 Å². The molecule has 1 aliphatic carbocycles. The van der Waals surface area contributed by atoms with Crippen molar-refractivity contribution < 1.29 is 8.42 Å². The van der Waals surface area contributed by atoms with Crippen LogP contribution in [0.5, 0.6) is 0 Å². The highest BCUT2D eigenvalue weighted by Gasteiger charge is 2.27. The molecule has 0 unspecified atom stereocenters. The SMILES string of the molecule is CN=C(NCCN1CCCS1(=O)=O)N(C)CC1CCC(C)CC1. The van der Waals surface area contributed by atoms with E-state index in [1.165, 1.54) is 25.7 Å². The van der Waals surface area contributed by atoms with Crippen LogP contribution in [0.15, 0.2) is 4.99 Å². The third kappa shape index (κ3) is 5.35. The van der Waals surface area contributed by atoms with Crippen molar-refractivity contribution in [1.82, 2.24) is 14.5 Å². The van der Waals surface area contributed by atoms with Gasteiger partial charge in [0.15, 0.2) is 5.96 Å². The summed E-state index contributed by atoms with van der Waals surface area (Å²) in [6, 6.07) is 0. The van der Waals surface area contributed by atoms with E-state index in [4.69, 9.17) is 0 Å². The van der Waals surface area contributed by atoms with Crippen molar-refractivity contribution in [3.8, 4) is 0 Å². The minimum atomic E-state index is -3.00. The molecule has 0 aromatic rings. The van der Waals surface area contributed by atoms with Gasteiger partial charge in [-0.15, -0.1) is 0 Å². The minimum Gasteiger partial charge on any atom is -0.355 e. The van der Waals surface area contributed by atoms with Crippen molar-refractivity contribution in [1.29, 1.82) is 0 Å². The van der Waals surface area contributed by atoms with Crippen molar-refractivity contribution >= 4 is 16.0 Å². The molecular weight excluding hydrogens is 312 g/mol. The molecule has 1 aliphatic heterocycles. The molecule has 1 saturated carbocycles. The Hall–Kier alpha value is -0.820. The Bertz CT molecular complexity index is 498. The first kappa shape index (κ1) is 18.5. The summed E-state index contributed by atoms with van der Waals surface area (Å²) in [7, 11) is 0.855. The van der Waals surface area contributed by atoms with Crippen LogP contribution in [-0.4, -0.2) is 69.6 Å². The van der Waals surface area contributed by atoms with E-state index in [0.717, 1.165) is 30.8 Å². The summed E-state index contributed by atoms with van der Waals surface area (Å²) in [4.78, 5) is 6.51. The van der Waals surface area contributed by atoms with Gasteiger partial charge in [0, 0.05) is 40.3 Å². The number of rotatable bonds is 5. The smallest absolute Gasteiger partial charge is 0.214 e. The van der Waals surface area contributed by atoms with Crippen molar-refractivity contribution in [2.24, 2.45) is 16.8 Å². The van der Waals surface area contributed by atoms with E-state index in [2.05, 4.69) is 29.2 Å². The Morgan fingerprint density at radius 3 is 2.57 bits per heavy atom. The van der Waals surface area contributed by atoms with Gasteiger partial charge < -0.3 is 10.2 Å². The lowest BCUT2D eigenvalue weighted by atomic mass is 9.83. The maximum atomic E-state index is 11.8. The number of hydrogen-bond acceptors (Lipinski definition) is 3. The van der Waals surface area contributed by atoms with E-state index in [9.17, 15) is 8.42 Å². The molecule has 0 aromatic heterocycles. The molecule has 0 aromatic carbocycles. The fourth-order valence-corrected chi connectivity index (χ4v) is 5.13. The van der Waals surface area contributed by atoms with Crippen LogP contribution in [0, 0.1) is 11.8 Å². The summed E-state index contributed by atoms with van der Waals surface area (Å²) >= 11 is 0. The van der Waals surface area contributed by atoms with Gasteiger partial charge in [0.25, 0.3) is 0 Å². The Kier molecular flexibility index (Phi) is 6.71. The van der Waals surface area contributed by atoms with Crippen molar-refractivity contribution in [3.63, 3.8) is 0 Å². The van der Waals surface area contributed by atoms with E-state index in [0.29, 0.717) is 25.4 Å². The largest absolute Gasteiger partial charge is 0.355 e. The second kappa shape index (κ2) is 8.33. The zero-order valence-corrected chi connectivity index (χ0v) is 15.6. The Labute approximate surface area is 141 Å². The number of aliphatic imine (C=N–C) groups is 1. The molecule has 6 nitrogen and oxygen atoms in total. The lowest BCUT2D eigenvalue weighted by Crippen LogP contribution is -2.44. The first-order chi connectivity index (χ1) is 10.9. The van der Waals surface area contributed by atoms with Crippen LogP contribution >= 0.6 is 0 Å². The van der Waals surface area contributed by atoms with Crippen molar-refractivity contribution in [2.75, 3.05) is 46.0 Å². The van der Waals surface area contributed by atoms with Crippen LogP contribution < -0.4 is 5.32 Å². The molecule has 0 spiro atoms. The third-order valence-electron chi connectivity index (χ3n) is 5.09. The molecule has 0 radical (unpaired) electrons. The average Bonchev–Trinajstić information content (AvgIpc) is 2.84. The molecule has 0 atom stereocenters. The first-order valence-corrected chi connectivity index (χ1v) is 10.4. The second-order valence-corrected chi connectivity index (χ2v) is 9.14. The summed E-state index contributed by atoms with van der Waals surface area (Å²) in [5.74, 6) is 2.77. The van der Waals surface area contributed by atoms with Crippen LogP contribution in [0.3, 0.4) is 0 Å². The summed E-state index contributed by atoms with van der Waals surface area (Å²) < 4.78 is 25.2. The first-order valence-electron chi connectivity index (χ1n) is 8.82. The highest BCUT2D eigenvalue weighted by atomic mass is 32.2. The van der Waals surface area contributed by atoms with Gasteiger partial charge in [-0.25, -0.2) is 12.7 Å². The van der Waals surface area contributed by atoms with E-state index >= 15 is 0 Å². The van der Waals surface area contributed by atoms with Crippen LogP contribution in [-0.2, 0) is 10.0 Å². The van der Waals surface area contributed by atoms with Crippen LogP contribution in [0.1, 0.15) is 39.0 Å². The highest BCUT2D eigenvalue weighted by Crippen LogP contribution is 2.28. The molecule has 2 fully saturated rings. The Balaban J connectivity index is 1.74. The quantitative estimate of drug-likeness (QED) is 0.604. The predicted octanol–water partition coefficient (Wildman–Crippen LogP) is 1.36. The topological polar surface area (TPSA) is 65.0 Å². The Morgan fingerprint density at radius 2 is 2.00 bits per heavy atom. The highest BCUT2D eigenvalue weighted by molar-refractivity contribution is 7.89. The second-order valence-electron chi connectivity index (χ2n) is 7.05. The maximum Gasteiger partial charge on any atom is 0.214 e. The molecular formula is C16H32N4O2S. The fraction of sp³-hybridized carbons (Fsp3) is 0.938. The van der Waals surface area contributed by atoms with E-state index in [-0.39, 0.29) is 0 Å². The molecule has 1 saturated heterocycles. The number of sulfonamides is 1. The molecule has 2 rings (SSSR count). The number of guanidine groups is 1. The molecule has 23 heavy (non-hydrogen) atoms. The van der Waals surface area contributed by atoms with Gasteiger partial charge in [-0.05, 0) is 31.1 Å². The van der Waals surface area contributed by atoms with Gasteiger partial charge in [-0.1, -0.05) is 19.8 Å². The van der Waals surface area contributed by atoms with E-state index in [1.807, 2.05) is 0 Å². The summed E-state index contributed by atoms with van der Waals surface area (Å²) in [5.41, 5.74) is 0. The van der Waals surface area contributed by atoms with Crippen LogP contribution in [0.4, 0.5) is 0 Å². The minimum absolute atomic E-state index is 0.293. The summed E-state index contributed by atoms with van der Waals surface area (Å²) in [5, 5.41) is 3.30. The summed E-state index contributed by atoms with van der Waals surface area (Å²) in [6.07, 6.45) is 6.01. The van der Waals surface area contributed by atoms with Gasteiger partial charge in [-0.2, -0.15) is 0 Å². The number of nitrogens with one attached hydrogen (secondary N) is 1. The zero-order valence-electron chi connectivity index (χ0n) is 14.8. The fourth-order valence-electron chi connectivity index (χ4n) is 3.60. The predicted molar refractivity (Wildman–Crippen MR) is 95.1 cm³/mol. The van der Waals surface area contributed by atoms with Crippen LogP contribution in [0.25, 0.3) is 0 Å². The number of hydrogen-bond donors (Lipinski definition) is 1. The maximum absolute atomic E-state index is 11.8. The van der Waals surface area contributed by atoms with Gasteiger partial charge in [-0.3, -0.25) is 4.99 Å². The zero-order chi connectivity index (χ0) is 16.9. The molecule has 1 heterocycles. The lowest BCUT2D eigenvalue weighted by Gasteiger charge is -2.31. The monoisotopic (exact) mass is 344 g/mol. The van der Waals surface area contributed by atoms with Crippen LogP contribution in [0.2, 0.25) is 0 Å². The van der Waals surface area contributed by atoms with Crippen molar-refractivity contribution in [3.05, 3.63) is 0 Å². The van der Waals surface area contributed by atoms with Gasteiger partial charge in [0.05, 0.1) is 5.75 Å².